The number of benzene rings is 3. The predicted molar refractivity (Wildman–Crippen MR) is 92.3 cm³/mol. The van der Waals surface area contributed by atoms with Crippen LogP contribution in [0.2, 0.25) is 0 Å². The minimum absolute atomic E-state index is 0.0623. The molecule has 3 aromatic rings. The van der Waals surface area contributed by atoms with Crippen LogP contribution < -0.4 is 4.90 Å². The fourth-order valence-electron chi connectivity index (χ4n) is 3.35. The number of carbonyl (C=O) groups is 1. The SMILES string of the molecule is Cc1c(CN2C(=O)c3cccc4cccc2c34)cccc1[N+](=O)[O-]. The van der Waals surface area contributed by atoms with Crippen LogP contribution in [0.3, 0.4) is 0 Å². The van der Waals surface area contributed by atoms with Crippen LogP contribution in [0.4, 0.5) is 11.4 Å². The van der Waals surface area contributed by atoms with Crippen molar-refractivity contribution in [1.29, 1.82) is 0 Å². The van der Waals surface area contributed by atoms with Crippen LogP contribution in [0.5, 0.6) is 0 Å². The van der Waals surface area contributed by atoms with Crippen molar-refractivity contribution < 1.29 is 9.72 Å². The lowest BCUT2D eigenvalue weighted by atomic mass is 10.1. The van der Waals surface area contributed by atoms with E-state index in [1.807, 2.05) is 42.5 Å². The Morgan fingerprint density at radius 2 is 1.75 bits per heavy atom. The Balaban J connectivity index is 1.81. The Kier molecular flexibility index (Phi) is 3.09. The van der Waals surface area contributed by atoms with Gasteiger partial charge in [0.2, 0.25) is 0 Å². The molecule has 0 atom stereocenters. The number of nitro benzene ring substituents is 1. The van der Waals surface area contributed by atoms with E-state index >= 15 is 0 Å². The number of nitrogens with zero attached hydrogens (tertiary/aromatic N) is 2. The van der Waals surface area contributed by atoms with Gasteiger partial charge in [-0.2, -0.15) is 0 Å². The average molecular weight is 318 g/mol. The maximum absolute atomic E-state index is 12.8. The third-order valence-electron chi connectivity index (χ3n) is 4.59. The van der Waals surface area contributed by atoms with Crippen LogP contribution in [0.1, 0.15) is 21.5 Å². The zero-order chi connectivity index (χ0) is 16.8. The van der Waals surface area contributed by atoms with Crippen LogP contribution >= 0.6 is 0 Å². The molecule has 0 radical (unpaired) electrons. The van der Waals surface area contributed by atoms with Gasteiger partial charge in [0, 0.05) is 22.6 Å². The second-order valence-electron chi connectivity index (χ2n) is 5.89. The van der Waals surface area contributed by atoms with Gasteiger partial charge in [0.1, 0.15) is 0 Å². The van der Waals surface area contributed by atoms with E-state index in [9.17, 15) is 14.9 Å². The van der Waals surface area contributed by atoms with Crippen molar-refractivity contribution in [3.63, 3.8) is 0 Å². The molecule has 5 heteroatoms. The second kappa shape index (κ2) is 5.16. The highest BCUT2D eigenvalue weighted by atomic mass is 16.6. The van der Waals surface area contributed by atoms with Crippen LogP contribution in [0, 0.1) is 17.0 Å². The van der Waals surface area contributed by atoms with Gasteiger partial charge < -0.3 is 4.90 Å². The maximum atomic E-state index is 12.8. The van der Waals surface area contributed by atoms with Gasteiger partial charge in [0.25, 0.3) is 11.6 Å². The van der Waals surface area contributed by atoms with E-state index in [0.717, 1.165) is 22.0 Å². The molecule has 1 amide bonds. The van der Waals surface area contributed by atoms with Gasteiger partial charge in [-0.3, -0.25) is 14.9 Å². The van der Waals surface area contributed by atoms with Crippen molar-refractivity contribution >= 4 is 28.1 Å². The Labute approximate surface area is 138 Å². The summed E-state index contributed by atoms with van der Waals surface area (Å²) in [4.78, 5) is 25.2. The summed E-state index contributed by atoms with van der Waals surface area (Å²) in [5.41, 5.74) is 3.00. The standard InChI is InChI=1S/C19H14N2O3/c1-12-14(7-4-9-16(12)21(23)24)11-20-17-10-3-6-13-5-2-8-15(18(13)17)19(20)22/h2-10H,11H2,1H3. The number of hydrogen-bond donors (Lipinski definition) is 0. The molecule has 0 aromatic heterocycles. The van der Waals surface area contributed by atoms with E-state index in [2.05, 4.69) is 0 Å². The lowest BCUT2D eigenvalue weighted by Gasteiger charge is -2.19. The molecule has 1 aliphatic rings. The summed E-state index contributed by atoms with van der Waals surface area (Å²) >= 11 is 0. The molecule has 0 saturated carbocycles. The number of carbonyl (C=O) groups excluding carboxylic acids is 1. The summed E-state index contributed by atoms with van der Waals surface area (Å²) in [6.45, 7) is 2.04. The molecule has 0 spiro atoms. The molecule has 0 N–H and O–H groups in total. The summed E-state index contributed by atoms with van der Waals surface area (Å²) in [5.74, 6) is -0.0623. The lowest BCUT2D eigenvalue weighted by Crippen LogP contribution is -2.26. The Bertz CT molecular complexity index is 1010. The topological polar surface area (TPSA) is 63.5 Å². The third kappa shape index (κ3) is 1.98. The zero-order valence-corrected chi connectivity index (χ0v) is 13.0. The number of hydrogen-bond acceptors (Lipinski definition) is 3. The summed E-state index contributed by atoms with van der Waals surface area (Å²) in [6, 6.07) is 16.5. The molecule has 5 nitrogen and oxygen atoms in total. The number of anilines is 1. The molecule has 0 unspecified atom stereocenters. The maximum Gasteiger partial charge on any atom is 0.272 e. The summed E-state index contributed by atoms with van der Waals surface area (Å²) < 4.78 is 0. The highest BCUT2D eigenvalue weighted by Gasteiger charge is 2.30. The first-order chi connectivity index (χ1) is 11.6. The van der Waals surface area contributed by atoms with Gasteiger partial charge in [0.05, 0.1) is 17.2 Å². The normalized spacial score (nSPS) is 12.9. The summed E-state index contributed by atoms with van der Waals surface area (Å²) in [5, 5.41) is 13.1. The fourth-order valence-corrected chi connectivity index (χ4v) is 3.35. The molecule has 0 bridgehead atoms. The first kappa shape index (κ1) is 14.4. The minimum Gasteiger partial charge on any atom is -0.303 e. The molecule has 0 fully saturated rings. The highest BCUT2D eigenvalue weighted by Crippen LogP contribution is 2.38. The molecular formula is C19H14N2O3. The molecule has 24 heavy (non-hydrogen) atoms. The third-order valence-corrected chi connectivity index (χ3v) is 4.59. The summed E-state index contributed by atoms with van der Waals surface area (Å²) in [7, 11) is 0. The van der Waals surface area contributed by atoms with E-state index in [1.54, 1.807) is 17.9 Å². The quantitative estimate of drug-likeness (QED) is 0.536. The van der Waals surface area contributed by atoms with Gasteiger partial charge in [-0.15, -0.1) is 0 Å². The lowest BCUT2D eigenvalue weighted by molar-refractivity contribution is -0.385. The van der Waals surface area contributed by atoms with Gasteiger partial charge in [-0.1, -0.05) is 36.4 Å². The molecule has 0 aliphatic carbocycles. The molecule has 1 aliphatic heterocycles. The second-order valence-corrected chi connectivity index (χ2v) is 5.89. The van der Waals surface area contributed by atoms with E-state index in [0.29, 0.717) is 17.7 Å². The highest BCUT2D eigenvalue weighted by molar-refractivity contribution is 6.24. The predicted octanol–water partition coefficient (Wildman–Crippen LogP) is 4.22. The van der Waals surface area contributed by atoms with Crippen molar-refractivity contribution in [2.45, 2.75) is 13.5 Å². The van der Waals surface area contributed by atoms with Gasteiger partial charge in [-0.25, -0.2) is 0 Å². The molecule has 4 rings (SSSR count). The van der Waals surface area contributed by atoms with Gasteiger partial charge in [-0.05, 0) is 30.0 Å². The Morgan fingerprint density at radius 3 is 2.50 bits per heavy atom. The van der Waals surface area contributed by atoms with Crippen molar-refractivity contribution in [3.05, 3.63) is 81.4 Å². The Morgan fingerprint density at radius 1 is 1.04 bits per heavy atom. The van der Waals surface area contributed by atoms with Crippen LogP contribution in [0.25, 0.3) is 10.8 Å². The monoisotopic (exact) mass is 318 g/mol. The van der Waals surface area contributed by atoms with Crippen molar-refractivity contribution in [2.24, 2.45) is 0 Å². The fraction of sp³-hybridized carbons (Fsp3) is 0.105. The van der Waals surface area contributed by atoms with E-state index < -0.39 is 0 Å². The zero-order valence-electron chi connectivity index (χ0n) is 13.0. The van der Waals surface area contributed by atoms with Gasteiger partial charge in [0.15, 0.2) is 0 Å². The first-order valence-electron chi connectivity index (χ1n) is 7.64. The van der Waals surface area contributed by atoms with Gasteiger partial charge >= 0.3 is 0 Å². The molecule has 118 valence electrons. The first-order valence-corrected chi connectivity index (χ1v) is 7.64. The molecule has 0 saturated heterocycles. The van der Waals surface area contributed by atoms with E-state index in [1.165, 1.54) is 6.07 Å². The number of nitro groups is 1. The van der Waals surface area contributed by atoms with E-state index in [4.69, 9.17) is 0 Å². The molecular weight excluding hydrogens is 304 g/mol. The number of amides is 1. The van der Waals surface area contributed by atoms with Crippen molar-refractivity contribution in [3.8, 4) is 0 Å². The summed E-state index contributed by atoms with van der Waals surface area (Å²) in [6.07, 6.45) is 0. The minimum atomic E-state index is -0.389. The van der Waals surface area contributed by atoms with Crippen LogP contribution in [0.15, 0.2) is 54.6 Å². The largest absolute Gasteiger partial charge is 0.303 e. The van der Waals surface area contributed by atoms with Crippen molar-refractivity contribution in [2.75, 3.05) is 4.90 Å². The average Bonchev–Trinajstić information content (AvgIpc) is 2.84. The smallest absolute Gasteiger partial charge is 0.272 e. The van der Waals surface area contributed by atoms with Crippen LogP contribution in [-0.2, 0) is 6.54 Å². The molecule has 3 aromatic carbocycles. The number of rotatable bonds is 3. The van der Waals surface area contributed by atoms with Crippen molar-refractivity contribution in [1.82, 2.24) is 0 Å². The van der Waals surface area contributed by atoms with Crippen LogP contribution in [-0.4, -0.2) is 10.8 Å². The van der Waals surface area contributed by atoms with E-state index in [-0.39, 0.29) is 16.5 Å². The molecule has 1 heterocycles. The Hall–Kier alpha value is -3.21.